The topological polar surface area (TPSA) is 61.4 Å². The van der Waals surface area contributed by atoms with Crippen LogP contribution in [-0.2, 0) is 4.79 Å². The predicted molar refractivity (Wildman–Crippen MR) is 81.8 cm³/mol. The van der Waals surface area contributed by atoms with Crippen LogP contribution in [0.5, 0.6) is 0 Å². The largest absolute Gasteiger partial charge is 0.388 e. The molecule has 1 amide bonds. The van der Waals surface area contributed by atoms with Crippen LogP contribution in [0.25, 0.3) is 0 Å². The van der Waals surface area contributed by atoms with E-state index in [0.29, 0.717) is 24.3 Å². The van der Waals surface area contributed by atoms with Crippen LogP contribution in [0.2, 0.25) is 0 Å². The maximum absolute atomic E-state index is 12.8. The Morgan fingerprint density at radius 1 is 1.43 bits per heavy atom. The first-order valence-corrected chi connectivity index (χ1v) is 6.98. The fourth-order valence-electron chi connectivity index (χ4n) is 2.30. The minimum absolute atomic E-state index is 0. The highest BCUT2D eigenvalue weighted by atomic mass is 35.5. The Balaban J connectivity index is 0.00000220. The molecule has 0 bridgehead atoms. The molecular formula is C15H22ClFN2O2. The first-order valence-electron chi connectivity index (χ1n) is 6.98. The number of amides is 1. The zero-order chi connectivity index (χ0) is 14.5. The van der Waals surface area contributed by atoms with E-state index in [-0.39, 0.29) is 30.2 Å². The highest BCUT2D eigenvalue weighted by Gasteiger charge is 2.21. The van der Waals surface area contributed by atoms with Gasteiger partial charge in [0.15, 0.2) is 0 Å². The van der Waals surface area contributed by atoms with E-state index >= 15 is 0 Å². The quantitative estimate of drug-likeness (QED) is 0.750. The summed E-state index contributed by atoms with van der Waals surface area (Å²) in [6.07, 6.45) is 0.251. The molecule has 118 valence electrons. The van der Waals surface area contributed by atoms with Crippen molar-refractivity contribution < 1.29 is 14.3 Å². The Morgan fingerprint density at radius 3 is 2.57 bits per heavy atom. The van der Waals surface area contributed by atoms with Gasteiger partial charge in [-0.3, -0.25) is 4.79 Å². The number of carbonyl (C=O) groups excluding carboxylic acids is 1. The molecule has 0 aromatic heterocycles. The molecule has 2 rings (SSSR count). The van der Waals surface area contributed by atoms with Crippen LogP contribution in [0.4, 0.5) is 4.39 Å². The van der Waals surface area contributed by atoms with E-state index in [1.54, 1.807) is 12.1 Å². The lowest BCUT2D eigenvalue weighted by molar-refractivity contribution is -0.123. The second-order valence-corrected chi connectivity index (χ2v) is 5.50. The third kappa shape index (κ3) is 5.61. The average molecular weight is 317 g/mol. The molecule has 1 fully saturated rings. The van der Waals surface area contributed by atoms with Crippen molar-refractivity contribution in [3.05, 3.63) is 35.6 Å². The van der Waals surface area contributed by atoms with E-state index in [2.05, 4.69) is 10.6 Å². The molecule has 0 saturated carbocycles. The van der Waals surface area contributed by atoms with Crippen LogP contribution in [0.1, 0.15) is 31.4 Å². The molecule has 2 atom stereocenters. The molecular weight excluding hydrogens is 295 g/mol. The zero-order valence-electron chi connectivity index (χ0n) is 12.0. The maximum atomic E-state index is 12.8. The highest BCUT2D eigenvalue weighted by Crippen LogP contribution is 2.19. The van der Waals surface area contributed by atoms with Crippen molar-refractivity contribution in [3.8, 4) is 0 Å². The monoisotopic (exact) mass is 316 g/mol. The Kier molecular flexibility index (Phi) is 7.08. The van der Waals surface area contributed by atoms with E-state index in [1.807, 2.05) is 6.92 Å². The fourth-order valence-corrected chi connectivity index (χ4v) is 2.30. The minimum Gasteiger partial charge on any atom is -0.388 e. The number of aliphatic hydroxyl groups excluding tert-OH is 1. The lowest BCUT2D eigenvalue weighted by Crippen LogP contribution is -2.45. The summed E-state index contributed by atoms with van der Waals surface area (Å²) >= 11 is 0. The number of aliphatic hydroxyl groups is 1. The molecule has 4 nitrogen and oxygen atoms in total. The molecule has 1 aromatic rings. The van der Waals surface area contributed by atoms with Crippen molar-refractivity contribution in [2.24, 2.45) is 5.92 Å². The summed E-state index contributed by atoms with van der Waals surface area (Å²) in [7, 11) is 0. The third-order valence-electron chi connectivity index (χ3n) is 3.58. The van der Waals surface area contributed by atoms with Crippen LogP contribution < -0.4 is 10.6 Å². The van der Waals surface area contributed by atoms with Crippen LogP contribution in [0.3, 0.4) is 0 Å². The summed E-state index contributed by atoms with van der Waals surface area (Å²) in [5, 5.41) is 16.1. The van der Waals surface area contributed by atoms with E-state index in [0.717, 1.165) is 13.1 Å². The van der Waals surface area contributed by atoms with Gasteiger partial charge in [-0.25, -0.2) is 4.39 Å². The summed E-state index contributed by atoms with van der Waals surface area (Å²) in [5.74, 6) is 0.135. The summed E-state index contributed by atoms with van der Waals surface area (Å²) in [5.41, 5.74) is 0.663. The maximum Gasteiger partial charge on any atom is 0.220 e. The minimum atomic E-state index is -0.698. The van der Waals surface area contributed by atoms with Crippen LogP contribution >= 0.6 is 12.4 Å². The number of rotatable bonds is 6. The Hall–Kier alpha value is -1.17. The zero-order valence-corrected chi connectivity index (χ0v) is 12.8. The van der Waals surface area contributed by atoms with Gasteiger partial charge >= 0.3 is 0 Å². The SMILES string of the molecule is CC(CC(O)c1ccc(F)cc1)NC(=O)CC1CNC1.Cl. The lowest BCUT2D eigenvalue weighted by atomic mass is 9.98. The normalized spacial score (nSPS) is 17.3. The second-order valence-electron chi connectivity index (χ2n) is 5.50. The summed E-state index contributed by atoms with van der Waals surface area (Å²) in [6.45, 7) is 3.67. The van der Waals surface area contributed by atoms with E-state index in [1.165, 1.54) is 12.1 Å². The van der Waals surface area contributed by atoms with E-state index in [9.17, 15) is 14.3 Å². The van der Waals surface area contributed by atoms with Crippen LogP contribution in [0, 0.1) is 11.7 Å². The summed E-state index contributed by atoms with van der Waals surface area (Å²) in [6, 6.07) is 5.66. The predicted octanol–water partition coefficient (Wildman–Crippen LogP) is 1.79. The molecule has 1 aliphatic rings. The van der Waals surface area contributed by atoms with Gasteiger partial charge in [-0.05, 0) is 50.0 Å². The van der Waals surface area contributed by atoms with Gasteiger partial charge in [0.05, 0.1) is 6.10 Å². The second kappa shape index (κ2) is 8.32. The number of halogens is 2. The van der Waals surface area contributed by atoms with Crippen molar-refractivity contribution >= 4 is 18.3 Å². The molecule has 0 spiro atoms. The van der Waals surface area contributed by atoms with Gasteiger partial charge < -0.3 is 15.7 Å². The van der Waals surface area contributed by atoms with Gasteiger partial charge in [0, 0.05) is 12.5 Å². The molecule has 21 heavy (non-hydrogen) atoms. The van der Waals surface area contributed by atoms with Crippen LogP contribution in [-0.4, -0.2) is 30.1 Å². The van der Waals surface area contributed by atoms with Gasteiger partial charge in [0.25, 0.3) is 0 Å². The van der Waals surface area contributed by atoms with E-state index < -0.39 is 6.10 Å². The molecule has 6 heteroatoms. The molecule has 2 unspecified atom stereocenters. The van der Waals surface area contributed by atoms with Gasteiger partial charge in [-0.1, -0.05) is 12.1 Å². The van der Waals surface area contributed by atoms with Crippen molar-refractivity contribution in [3.63, 3.8) is 0 Å². The lowest BCUT2D eigenvalue weighted by Gasteiger charge is -2.27. The van der Waals surface area contributed by atoms with Gasteiger partial charge in [-0.2, -0.15) is 0 Å². The Bertz CT molecular complexity index is 451. The van der Waals surface area contributed by atoms with Crippen molar-refractivity contribution in [2.75, 3.05) is 13.1 Å². The fraction of sp³-hybridized carbons (Fsp3) is 0.533. The van der Waals surface area contributed by atoms with Crippen molar-refractivity contribution in [2.45, 2.75) is 31.9 Å². The molecule has 1 aliphatic heterocycles. The Morgan fingerprint density at radius 2 is 2.05 bits per heavy atom. The Labute approximate surface area is 130 Å². The van der Waals surface area contributed by atoms with Gasteiger partial charge in [0.2, 0.25) is 5.91 Å². The standard InChI is InChI=1S/C15H21FN2O2.ClH/c1-10(18-15(20)7-11-8-17-9-11)6-14(19)12-2-4-13(16)5-3-12;/h2-5,10-11,14,17,19H,6-9H2,1H3,(H,18,20);1H. The molecule has 0 radical (unpaired) electrons. The summed E-state index contributed by atoms with van der Waals surface area (Å²) < 4.78 is 12.8. The summed E-state index contributed by atoms with van der Waals surface area (Å²) in [4.78, 5) is 11.7. The van der Waals surface area contributed by atoms with Crippen molar-refractivity contribution in [1.29, 1.82) is 0 Å². The molecule has 3 N–H and O–H groups in total. The average Bonchev–Trinajstić information content (AvgIpc) is 2.34. The number of benzene rings is 1. The number of nitrogens with one attached hydrogen (secondary N) is 2. The number of hydrogen-bond donors (Lipinski definition) is 3. The molecule has 1 saturated heterocycles. The first kappa shape index (κ1) is 17.9. The molecule has 0 aliphatic carbocycles. The molecule has 1 heterocycles. The van der Waals surface area contributed by atoms with Gasteiger partial charge in [0.1, 0.15) is 5.82 Å². The van der Waals surface area contributed by atoms with Crippen LogP contribution in [0.15, 0.2) is 24.3 Å². The van der Waals surface area contributed by atoms with Gasteiger partial charge in [-0.15, -0.1) is 12.4 Å². The number of carbonyl (C=O) groups is 1. The highest BCUT2D eigenvalue weighted by molar-refractivity contribution is 5.85. The number of hydrogen-bond acceptors (Lipinski definition) is 3. The third-order valence-corrected chi connectivity index (χ3v) is 3.58. The molecule has 1 aromatic carbocycles. The smallest absolute Gasteiger partial charge is 0.220 e. The first-order chi connectivity index (χ1) is 9.54. The van der Waals surface area contributed by atoms with E-state index in [4.69, 9.17) is 0 Å². The van der Waals surface area contributed by atoms with Crippen molar-refractivity contribution in [1.82, 2.24) is 10.6 Å².